The number of ketones is 2. The second-order valence-electron chi connectivity index (χ2n) is 7.38. The van der Waals surface area contributed by atoms with Crippen LogP contribution in [0.3, 0.4) is 0 Å². The van der Waals surface area contributed by atoms with Crippen molar-refractivity contribution in [2.45, 2.75) is 67.2 Å². The van der Waals surface area contributed by atoms with Gasteiger partial charge in [0.15, 0.2) is 0 Å². The van der Waals surface area contributed by atoms with Gasteiger partial charge in [-0.05, 0) is 11.8 Å². The molecule has 0 saturated heterocycles. The second kappa shape index (κ2) is 7.78. The first-order valence-electron chi connectivity index (χ1n) is 7.15. The Kier molecular flexibility index (Phi) is 7.50. The number of hydrogen-bond donors (Lipinski definition) is 0. The van der Waals surface area contributed by atoms with Crippen molar-refractivity contribution in [3.05, 3.63) is 0 Å². The Morgan fingerprint density at radius 2 is 1.37 bits per heavy atom. The van der Waals surface area contributed by atoms with Crippen LogP contribution < -0.4 is 0 Å². The summed E-state index contributed by atoms with van der Waals surface area (Å²) in [5.41, 5.74) is -0.0957. The van der Waals surface area contributed by atoms with Crippen LogP contribution >= 0.6 is 0 Å². The standard InChI is InChI=1S/C16H30O3/c1-15(2,3)10-7-13(17)8-11-19-12-9-14(18)16(4,5)6/h7-12H2,1-6H3. The fourth-order valence-electron chi connectivity index (χ4n) is 1.47. The van der Waals surface area contributed by atoms with Crippen LogP contribution in [0.25, 0.3) is 0 Å². The first kappa shape index (κ1) is 18.3. The Labute approximate surface area is 118 Å². The van der Waals surface area contributed by atoms with E-state index in [1.807, 2.05) is 20.8 Å². The minimum Gasteiger partial charge on any atom is -0.381 e. The van der Waals surface area contributed by atoms with Crippen molar-refractivity contribution in [2.24, 2.45) is 10.8 Å². The lowest BCUT2D eigenvalue weighted by molar-refractivity contribution is -0.127. The molecule has 112 valence electrons. The summed E-state index contributed by atoms with van der Waals surface area (Å²) >= 11 is 0. The molecule has 0 aromatic rings. The summed E-state index contributed by atoms with van der Waals surface area (Å²) in [6, 6.07) is 0. The third kappa shape index (κ3) is 10.9. The molecule has 0 aliphatic carbocycles. The van der Waals surface area contributed by atoms with Gasteiger partial charge in [0.05, 0.1) is 13.2 Å². The van der Waals surface area contributed by atoms with E-state index < -0.39 is 0 Å². The molecule has 0 bridgehead atoms. The summed E-state index contributed by atoms with van der Waals surface area (Å²) in [4.78, 5) is 23.2. The molecule has 0 atom stereocenters. The fraction of sp³-hybridized carbons (Fsp3) is 0.875. The van der Waals surface area contributed by atoms with Crippen molar-refractivity contribution in [3.8, 4) is 0 Å². The van der Waals surface area contributed by atoms with Crippen molar-refractivity contribution in [2.75, 3.05) is 13.2 Å². The molecule has 0 heterocycles. The molecule has 0 rings (SSSR count). The number of Topliss-reactive ketones (excluding diaryl/α,β-unsaturated/α-hetero) is 2. The smallest absolute Gasteiger partial charge is 0.140 e. The molecule has 0 aromatic carbocycles. The molecule has 0 spiro atoms. The van der Waals surface area contributed by atoms with Crippen LogP contribution in [-0.4, -0.2) is 24.8 Å². The van der Waals surface area contributed by atoms with Crippen molar-refractivity contribution >= 4 is 11.6 Å². The average Bonchev–Trinajstić information content (AvgIpc) is 2.23. The van der Waals surface area contributed by atoms with Crippen molar-refractivity contribution in [3.63, 3.8) is 0 Å². The summed E-state index contributed by atoms with van der Waals surface area (Å²) in [7, 11) is 0. The van der Waals surface area contributed by atoms with E-state index in [9.17, 15) is 9.59 Å². The first-order valence-corrected chi connectivity index (χ1v) is 7.15. The monoisotopic (exact) mass is 270 g/mol. The highest BCUT2D eigenvalue weighted by Gasteiger charge is 2.20. The summed E-state index contributed by atoms with van der Waals surface area (Å²) in [6.07, 6.45) is 2.42. The zero-order valence-corrected chi connectivity index (χ0v) is 13.5. The van der Waals surface area contributed by atoms with Crippen molar-refractivity contribution in [1.82, 2.24) is 0 Å². The van der Waals surface area contributed by atoms with Gasteiger partial charge in [0.25, 0.3) is 0 Å². The highest BCUT2D eigenvalue weighted by molar-refractivity contribution is 5.83. The second-order valence-corrected chi connectivity index (χ2v) is 7.38. The maximum absolute atomic E-state index is 11.6. The lowest BCUT2D eigenvalue weighted by atomic mass is 9.89. The minimum atomic E-state index is -0.300. The molecular formula is C16H30O3. The molecule has 0 fully saturated rings. The molecule has 19 heavy (non-hydrogen) atoms. The van der Waals surface area contributed by atoms with Crippen LogP contribution in [0, 0.1) is 10.8 Å². The number of carbonyl (C=O) groups is 2. The number of hydrogen-bond acceptors (Lipinski definition) is 3. The minimum absolute atomic E-state index is 0.201. The Hall–Kier alpha value is -0.700. The lowest BCUT2D eigenvalue weighted by Gasteiger charge is -2.17. The van der Waals surface area contributed by atoms with E-state index in [1.54, 1.807) is 0 Å². The van der Waals surface area contributed by atoms with Gasteiger partial charge in [-0.3, -0.25) is 9.59 Å². The van der Waals surface area contributed by atoms with E-state index >= 15 is 0 Å². The van der Waals surface area contributed by atoms with E-state index in [1.165, 1.54) is 0 Å². The van der Waals surface area contributed by atoms with Crippen LogP contribution in [0.5, 0.6) is 0 Å². The highest BCUT2D eigenvalue weighted by Crippen LogP contribution is 2.21. The van der Waals surface area contributed by atoms with Gasteiger partial charge in [-0.15, -0.1) is 0 Å². The number of rotatable bonds is 8. The zero-order chi connectivity index (χ0) is 15.1. The summed E-state index contributed by atoms with van der Waals surface area (Å²) < 4.78 is 5.36. The third-order valence-corrected chi connectivity index (χ3v) is 2.99. The van der Waals surface area contributed by atoms with E-state index in [4.69, 9.17) is 4.74 Å². The third-order valence-electron chi connectivity index (χ3n) is 2.99. The van der Waals surface area contributed by atoms with Crippen LogP contribution in [0.4, 0.5) is 0 Å². The van der Waals surface area contributed by atoms with Gasteiger partial charge in [0.1, 0.15) is 11.6 Å². The van der Waals surface area contributed by atoms with Crippen LogP contribution in [-0.2, 0) is 14.3 Å². The Balaban J connectivity index is 3.60. The van der Waals surface area contributed by atoms with Gasteiger partial charge in [-0.25, -0.2) is 0 Å². The summed E-state index contributed by atoms with van der Waals surface area (Å²) in [5.74, 6) is 0.448. The van der Waals surface area contributed by atoms with Crippen LogP contribution in [0.15, 0.2) is 0 Å². The molecule has 0 aliphatic rings. The largest absolute Gasteiger partial charge is 0.381 e. The molecule has 3 nitrogen and oxygen atoms in total. The Morgan fingerprint density at radius 3 is 1.84 bits per heavy atom. The van der Waals surface area contributed by atoms with E-state index in [0.29, 0.717) is 32.5 Å². The predicted molar refractivity (Wildman–Crippen MR) is 78.2 cm³/mol. The maximum Gasteiger partial charge on any atom is 0.140 e. The van der Waals surface area contributed by atoms with E-state index in [2.05, 4.69) is 20.8 Å². The lowest BCUT2D eigenvalue weighted by Crippen LogP contribution is -2.21. The van der Waals surface area contributed by atoms with Crippen LogP contribution in [0.1, 0.15) is 67.2 Å². The molecule has 0 aliphatic heterocycles. The molecule has 3 heteroatoms. The predicted octanol–water partition coefficient (Wildman–Crippen LogP) is 3.79. The van der Waals surface area contributed by atoms with E-state index in [-0.39, 0.29) is 22.4 Å². The normalized spacial score (nSPS) is 12.5. The molecule has 0 N–H and O–H groups in total. The van der Waals surface area contributed by atoms with Gasteiger partial charge in [-0.2, -0.15) is 0 Å². The van der Waals surface area contributed by atoms with Gasteiger partial charge >= 0.3 is 0 Å². The molecule has 0 unspecified atom stereocenters. The Bertz CT molecular complexity index is 292. The SMILES string of the molecule is CC(C)(C)CCC(=O)CCOCCC(=O)C(C)(C)C. The van der Waals surface area contributed by atoms with Crippen LogP contribution in [0.2, 0.25) is 0 Å². The average molecular weight is 270 g/mol. The highest BCUT2D eigenvalue weighted by atomic mass is 16.5. The summed E-state index contributed by atoms with van der Waals surface area (Å²) in [6.45, 7) is 13.0. The van der Waals surface area contributed by atoms with Gasteiger partial charge < -0.3 is 4.74 Å². The first-order chi connectivity index (χ1) is 8.52. The molecule has 0 amide bonds. The van der Waals surface area contributed by atoms with E-state index in [0.717, 1.165) is 6.42 Å². The maximum atomic E-state index is 11.6. The van der Waals surface area contributed by atoms with Crippen molar-refractivity contribution < 1.29 is 14.3 Å². The number of ether oxygens (including phenoxy) is 1. The Morgan fingerprint density at radius 1 is 0.842 bits per heavy atom. The van der Waals surface area contributed by atoms with Gasteiger partial charge in [0, 0.05) is 24.7 Å². The summed E-state index contributed by atoms with van der Waals surface area (Å²) in [5, 5.41) is 0. The molecular weight excluding hydrogens is 240 g/mol. The molecule has 0 saturated carbocycles. The quantitative estimate of drug-likeness (QED) is 0.630. The molecule has 0 aromatic heterocycles. The fourth-order valence-corrected chi connectivity index (χ4v) is 1.47. The molecule has 0 radical (unpaired) electrons. The van der Waals surface area contributed by atoms with Gasteiger partial charge in [-0.1, -0.05) is 41.5 Å². The van der Waals surface area contributed by atoms with Crippen molar-refractivity contribution in [1.29, 1.82) is 0 Å². The number of carbonyl (C=O) groups excluding carboxylic acids is 2. The van der Waals surface area contributed by atoms with Gasteiger partial charge in [0.2, 0.25) is 0 Å². The zero-order valence-electron chi connectivity index (χ0n) is 13.5. The topological polar surface area (TPSA) is 43.4 Å².